The van der Waals surface area contributed by atoms with Gasteiger partial charge in [-0.1, -0.05) is 50.5 Å². The third-order valence-corrected chi connectivity index (χ3v) is 1.55. The second-order valence-electron chi connectivity index (χ2n) is 2.81. The summed E-state index contributed by atoms with van der Waals surface area (Å²) in [6.07, 6.45) is 4.38. The summed E-state index contributed by atoms with van der Waals surface area (Å²) >= 11 is 0. The number of halogens is 1. The van der Waals surface area contributed by atoms with Crippen LogP contribution in [-0.4, -0.2) is 0 Å². The third kappa shape index (κ3) is 10.6. The Hall–Kier alpha value is -1.37. The Morgan fingerprint density at radius 2 is 1.79 bits per heavy atom. The SMILES string of the molecule is C=C(/C=C/F)CC.C=CC(=C)C(=C)C. The molecular weight excluding hydrogens is 175 g/mol. The Balaban J connectivity index is 0. The predicted octanol–water partition coefficient (Wildman–Crippen LogP) is 4.74. The van der Waals surface area contributed by atoms with Gasteiger partial charge in [0, 0.05) is 0 Å². The fraction of sp³-hybridized carbons (Fsp3) is 0.231. The van der Waals surface area contributed by atoms with Gasteiger partial charge in [-0.25, -0.2) is 4.39 Å². The topological polar surface area (TPSA) is 0 Å². The van der Waals surface area contributed by atoms with Crippen LogP contribution in [0.1, 0.15) is 20.3 Å². The van der Waals surface area contributed by atoms with Crippen LogP contribution in [0.3, 0.4) is 0 Å². The first kappa shape index (κ1) is 15.1. The van der Waals surface area contributed by atoms with Crippen molar-refractivity contribution in [3.8, 4) is 0 Å². The first-order valence-electron chi connectivity index (χ1n) is 4.41. The van der Waals surface area contributed by atoms with E-state index in [2.05, 4.69) is 26.3 Å². The Morgan fingerprint density at radius 1 is 1.29 bits per heavy atom. The van der Waals surface area contributed by atoms with Crippen molar-refractivity contribution in [1.82, 2.24) is 0 Å². The van der Waals surface area contributed by atoms with Gasteiger partial charge in [-0.2, -0.15) is 0 Å². The minimum Gasteiger partial charge on any atom is -0.216 e. The largest absolute Gasteiger partial charge is 0.216 e. The molecule has 0 aromatic heterocycles. The second-order valence-corrected chi connectivity index (χ2v) is 2.81. The molecule has 0 unspecified atom stereocenters. The molecule has 0 fully saturated rings. The van der Waals surface area contributed by atoms with E-state index in [9.17, 15) is 4.39 Å². The first-order valence-corrected chi connectivity index (χ1v) is 4.41. The lowest BCUT2D eigenvalue weighted by molar-refractivity contribution is 0.719. The molecule has 0 saturated heterocycles. The van der Waals surface area contributed by atoms with Gasteiger partial charge >= 0.3 is 0 Å². The standard InChI is InChI=1S/C7H10.C6H9F/c1-5-7(4)6(2)3;1-3-6(2)4-5-7/h5H,1-2,4H2,3H3;4-5H,2-3H2,1H3/b;5-4+. The van der Waals surface area contributed by atoms with E-state index in [4.69, 9.17) is 0 Å². The maximum atomic E-state index is 11.2. The van der Waals surface area contributed by atoms with E-state index in [1.165, 1.54) is 6.08 Å². The quantitative estimate of drug-likeness (QED) is 0.567. The molecular formula is C13H19F. The van der Waals surface area contributed by atoms with Crippen molar-refractivity contribution in [3.63, 3.8) is 0 Å². The maximum Gasteiger partial charge on any atom is 0.0869 e. The van der Waals surface area contributed by atoms with Gasteiger partial charge in [-0.05, 0) is 25.0 Å². The van der Waals surface area contributed by atoms with Crippen LogP contribution in [0.25, 0.3) is 0 Å². The van der Waals surface area contributed by atoms with E-state index in [-0.39, 0.29) is 0 Å². The highest BCUT2D eigenvalue weighted by atomic mass is 19.1. The lowest BCUT2D eigenvalue weighted by atomic mass is 10.2. The zero-order valence-electron chi connectivity index (χ0n) is 9.15. The average molecular weight is 194 g/mol. The normalized spacial score (nSPS) is 8.79. The van der Waals surface area contributed by atoms with Gasteiger partial charge in [0.2, 0.25) is 0 Å². The lowest BCUT2D eigenvalue weighted by Crippen LogP contribution is -1.70. The Bertz CT molecular complexity index is 242. The van der Waals surface area contributed by atoms with Crippen LogP contribution >= 0.6 is 0 Å². The highest BCUT2D eigenvalue weighted by molar-refractivity contribution is 5.31. The van der Waals surface area contributed by atoms with Crippen molar-refractivity contribution < 1.29 is 4.39 Å². The second kappa shape index (κ2) is 9.72. The minimum atomic E-state index is 0.506. The van der Waals surface area contributed by atoms with Crippen molar-refractivity contribution in [2.45, 2.75) is 20.3 Å². The summed E-state index contributed by atoms with van der Waals surface area (Å²) in [6, 6.07) is 0. The fourth-order valence-electron chi connectivity index (χ4n) is 0.381. The van der Waals surface area contributed by atoms with E-state index in [1.54, 1.807) is 6.08 Å². The van der Waals surface area contributed by atoms with Gasteiger partial charge in [-0.15, -0.1) is 0 Å². The molecule has 0 spiro atoms. The highest BCUT2D eigenvalue weighted by Gasteiger charge is 1.81. The van der Waals surface area contributed by atoms with Crippen molar-refractivity contribution in [1.29, 1.82) is 0 Å². The Morgan fingerprint density at radius 3 is 1.86 bits per heavy atom. The first-order chi connectivity index (χ1) is 6.49. The van der Waals surface area contributed by atoms with Crippen LogP contribution in [-0.2, 0) is 0 Å². The molecule has 0 rings (SSSR count). The molecule has 0 saturated carbocycles. The van der Waals surface area contributed by atoms with Crippen molar-refractivity contribution in [2.24, 2.45) is 0 Å². The molecule has 1 heteroatoms. The lowest BCUT2D eigenvalue weighted by Gasteiger charge is -1.90. The van der Waals surface area contributed by atoms with Crippen LogP contribution < -0.4 is 0 Å². The third-order valence-electron chi connectivity index (χ3n) is 1.55. The Kier molecular flexibility index (Phi) is 10.5. The number of hydrogen-bond acceptors (Lipinski definition) is 0. The summed E-state index contributed by atoms with van der Waals surface area (Å²) in [4.78, 5) is 0. The van der Waals surface area contributed by atoms with E-state index in [1.807, 2.05) is 13.8 Å². The molecule has 0 aromatic carbocycles. The van der Waals surface area contributed by atoms with Gasteiger partial charge in [0.05, 0.1) is 6.33 Å². The van der Waals surface area contributed by atoms with E-state index < -0.39 is 0 Å². The predicted molar refractivity (Wildman–Crippen MR) is 63.8 cm³/mol. The van der Waals surface area contributed by atoms with Crippen LogP contribution in [0.4, 0.5) is 4.39 Å². The van der Waals surface area contributed by atoms with Crippen LogP contribution in [0.2, 0.25) is 0 Å². The summed E-state index contributed by atoms with van der Waals surface area (Å²) in [5, 5.41) is 0. The van der Waals surface area contributed by atoms with Crippen molar-refractivity contribution in [2.75, 3.05) is 0 Å². The maximum absolute atomic E-state index is 11.2. The van der Waals surface area contributed by atoms with E-state index in [0.29, 0.717) is 6.33 Å². The zero-order valence-corrected chi connectivity index (χ0v) is 9.15. The highest BCUT2D eigenvalue weighted by Crippen LogP contribution is 2.01. The number of rotatable bonds is 4. The summed E-state index contributed by atoms with van der Waals surface area (Å²) < 4.78 is 11.2. The van der Waals surface area contributed by atoms with E-state index >= 15 is 0 Å². The van der Waals surface area contributed by atoms with Gasteiger partial charge < -0.3 is 0 Å². The van der Waals surface area contributed by atoms with Gasteiger partial charge in [0.1, 0.15) is 0 Å². The summed E-state index contributed by atoms with van der Waals surface area (Å²) in [5.41, 5.74) is 2.72. The molecule has 0 aliphatic rings. The van der Waals surface area contributed by atoms with E-state index in [0.717, 1.165) is 23.1 Å². The molecule has 0 radical (unpaired) electrons. The van der Waals surface area contributed by atoms with Gasteiger partial charge in [0.15, 0.2) is 0 Å². The van der Waals surface area contributed by atoms with Crippen LogP contribution in [0.5, 0.6) is 0 Å². The molecule has 78 valence electrons. The van der Waals surface area contributed by atoms with Crippen LogP contribution in [0.15, 0.2) is 61.5 Å². The fourth-order valence-corrected chi connectivity index (χ4v) is 0.381. The molecule has 0 amide bonds. The van der Waals surface area contributed by atoms with Gasteiger partial charge in [-0.3, -0.25) is 0 Å². The molecule has 0 nitrogen and oxygen atoms in total. The van der Waals surface area contributed by atoms with Gasteiger partial charge in [0.25, 0.3) is 0 Å². The average Bonchev–Trinajstić information content (AvgIpc) is 2.17. The molecule has 14 heavy (non-hydrogen) atoms. The smallest absolute Gasteiger partial charge is 0.0869 e. The van der Waals surface area contributed by atoms with Crippen molar-refractivity contribution in [3.05, 3.63) is 61.5 Å². The number of allylic oxidation sites excluding steroid dienone is 5. The molecule has 0 atom stereocenters. The summed E-state index contributed by atoms with van der Waals surface area (Å²) in [6.45, 7) is 18.2. The molecule has 0 aliphatic carbocycles. The molecule has 0 heterocycles. The molecule has 0 aromatic rings. The molecule has 0 N–H and O–H groups in total. The minimum absolute atomic E-state index is 0.506. The number of hydrogen-bond donors (Lipinski definition) is 0. The summed E-state index contributed by atoms with van der Waals surface area (Å²) in [7, 11) is 0. The summed E-state index contributed by atoms with van der Waals surface area (Å²) in [5.74, 6) is 0. The molecule has 0 aliphatic heterocycles. The van der Waals surface area contributed by atoms with Crippen molar-refractivity contribution >= 4 is 0 Å². The zero-order chi connectivity index (χ0) is 11.6. The van der Waals surface area contributed by atoms with Crippen LogP contribution in [0, 0.1) is 0 Å². The monoisotopic (exact) mass is 194 g/mol. The molecule has 0 bridgehead atoms. The Labute approximate surface area is 86.8 Å².